The van der Waals surface area contributed by atoms with Crippen LogP contribution in [0.25, 0.3) is 66.4 Å². The zero-order valence-electron chi connectivity index (χ0n) is 23.1. The van der Waals surface area contributed by atoms with Crippen LogP contribution in [0.4, 0.5) is 0 Å². The summed E-state index contributed by atoms with van der Waals surface area (Å²) >= 11 is 0. The Kier molecular flexibility index (Phi) is 5.49. The minimum Gasteiger partial charge on any atom is -0.294 e. The average molecular weight is 562 g/mol. The molecular formula is C37H19N7. The summed E-state index contributed by atoms with van der Waals surface area (Å²) in [5.74, 6) is 1.30. The number of hydrogen-bond donors (Lipinski definition) is 0. The fourth-order valence-electron chi connectivity index (χ4n) is 6.19. The molecule has 0 fully saturated rings. The molecule has 0 amide bonds. The molecule has 0 saturated heterocycles. The Labute approximate surface area is 251 Å². The maximum atomic E-state index is 10.0. The zero-order valence-corrected chi connectivity index (χ0v) is 23.1. The van der Waals surface area contributed by atoms with Crippen LogP contribution in [0.1, 0.15) is 16.7 Å². The van der Waals surface area contributed by atoms with Gasteiger partial charge in [0.15, 0.2) is 0 Å². The van der Waals surface area contributed by atoms with Crippen molar-refractivity contribution >= 4 is 43.6 Å². The zero-order chi connectivity index (χ0) is 29.8. The predicted molar refractivity (Wildman–Crippen MR) is 170 cm³/mol. The van der Waals surface area contributed by atoms with E-state index in [0.29, 0.717) is 28.3 Å². The van der Waals surface area contributed by atoms with E-state index in [1.807, 2.05) is 85.1 Å². The van der Waals surface area contributed by atoms with Crippen molar-refractivity contribution in [2.75, 3.05) is 0 Å². The topological polar surface area (TPSA) is 107 Å². The molecule has 7 nitrogen and oxygen atoms in total. The Hall–Kier alpha value is -6.75. The number of pyridine rings is 2. The Morgan fingerprint density at radius 2 is 1.11 bits per heavy atom. The lowest BCUT2D eigenvalue weighted by Gasteiger charge is -2.15. The van der Waals surface area contributed by atoms with Crippen LogP contribution < -0.4 is 0 Å². The Morgan fingerprint density at radius 1 is 0.523 bits per heavy atom. The van der Waals surface area contributed by atoms with Gasteiger partial charge in [0, 0.05) is 27.7 Å². The summed E-state index contributed by atoms with van der Waals surface area (Å²) in [4.78, 5) is 9.71. The van der Waals surface area contributed by atoms with E-state index in [9.17, 15) is 15.8 Å². The molecule has 0 aliphatic heterocycles. The predicted octanol–water partition coefficient (Wildman–Crippen LogP) is 7.95. The summed E-state index contributed by atoms with van der Waals surface area (Å²) in [6, 6.07) is 39.7. The number of hydrogen-bond acceptors (Lipinski definition) is 5. The van der Waals surface area contributed by atoms with Crippen LogP contribution in [0.15, 0.2) is 116 Å². The monoisotopic (exact) mass is 561 g/mol. The standard InChI is InChI=1S/C37H19N7/c38-19-23-9-11-33-30(15-23)31-16-24(20-39)10-12-34(31)43(33)36-17-26(27-6-2-1-5-25(27)21-40)18-37(42-36)44-32-8-4-3-7-28(32)29-13-14-41-22-35(29)44/h1-18,22H. The van der Waals surface area contributed by atoms with Crippen molar-refractivity contribution in [3.63, 3.8) is 0 Å². The maximum absolute atomic E-state index is 10.0. The van der Waals surface area contributed by atoms with Gasteiger partial charge in [0.1, 0.15) is 11.6 Å². The van der Waals surface area contributed by atoms with E-state index in [0.717, 1.165) is 54.7 Å². The van der Waals surface area contributed by atoms with Gasteiger partial charge in [-0.3, -0.25) is 14.1 Å². The van der Waals surface area contributed by atoms with Gasteiger partial charge in [-0.25, -0.2) is 4.98 Å². The van der Waals surface area contributed by atoms with Crippen molar-refractivity contribution in [2.45, 2.75) is 0 Å². The third-order valence-corrected chi connectivity index (χ3v) is 8.11. The highest BCUT2D eigenvalue weighted by Crippen LogP contribution is 2.37. The second-order valence-corrected chi connectivity index (χ2v) is 10.5. The van der Waals surface area contributed by atoms with E-state index >= 15 is 0 Å². The SMILES string of the molecule is N#Cc1ccc2c(c1)c1cc(C#N)ccc1n2-c1cc(-c2ccccc2C#N)cc(-n2c3ccccc3c3ccncc32)n1. The highest BCUT2D eigenvalue weighted by molar-refractivity contribution is 6.10. The number of aromatic nitrogens is 4. The first-order valence-corrected chi connectivity index (χ1v) is 13.9. The van der Waals surface area contributed by atoms with Crippen LogP contribution >= 0.6 is 0 Å². The molecule has 0 radical (unpaired) electrons. The van der Waals surface area contributed by atoms with Crippen LogP contribution in [0.2, 0.25) is 0 Å². The quantitative estimate of drug-likeness (QED) is 0.218. The first kappa shape index (κ1) is 25.0. The molecule has 0 unspecified atom stereocenters. The molecule has 0 atom stereocenters. The first-order chi connectivity index (χ1) is 21.7. The highest BCUT2D eigenvalue weighted by Gasteiger charge is 2.19. The summed E-state index contributed by atoms with van der Waals surface area (Å²) in [7, 11) is 0. The minimum atomic E-state index is 0.530. The van der Waals surface area contributed by atoms with Gasteiger partial charge in [-0.15, -0.1) is 0 Å². The lowest BCUT2D eigenvalue weighted by Crippen LogP contribution is -2.05. The number of nitrogens with zero attached hydrogens (tertiary/aromatic N) is 7. The van der Waals surface area contributed by atoms with E-state index < -0.39 is 0 Å². The van der Waals surface area contributed by atoms with E-state index in [1.54, 1.807) is 18.3 Å². The van der Waals surface area contributed by atoms with Gasteiger partial charge in [-0.1, -0.05) is 36.4 Å². The first-order valence-electron chi connectivity index (χ1n) is 13.9. The minimum absolute atomic E-state index is 0.530. The smallest absolute Gasteiger partial charge is 0.140 e. The summed E-state index contributed by atoms with van der Waals surface area (Å²) in [5, 5.41) is 33.2. The molecule has 7 heteroatoms. The molecule has 4 aromatic carbocycles. The molecule has 0 saturated carbocycles. The van der Waals surface area contributed by atoms with Crippen molar-refractivity contribution in [3.05, 3.63) is 132 Å². The average Bonchev–Trinajstić information content (AvgIpc) is 3.60. The molecule has 0 aliphatic rings. The van der Waals surface area contributed by atoms with Gasteiger partial charge < -0.3 is 0 Å². The molecule has 0 bridgehead atoms. The van der Waals surface area contributed by atoms with Crippen LogP contribution in [0, 0.1) is 34.0 Å². The number of nitriles is 3. The number of benzene rings is 4. The van der Waals surface area contributed by atoms with Gasteiger partial charge in [-0.2, -0.15) is 15.8 Å². The largest absolute Gasteiger partial charge is 0.294 e. The van der Waals surface area contributed by atoms with Gasteiger partial charge in [0.25, 0.3) is 0 Å². The Balaban J connectivity index is 1.52. The van der Waals surface area contributed by atoms with E-state index in [1.165, 1.54) is 0 Å². The van der Waals surface area contributed by atoms with E-state index in [-0.39, 0.29) is 0 Å². The van der Waals surface area contributed by atoms with Crippen molar-refractivity contribution in [2.24, 2.45) is 0 Å². The molecule has 8 rings (SSSR count). The molecule has 8 aromatic rings. The molecular weight excluding hydrogens is 542 g/mol. The molecule has 0 aliphatic carbocycles. The van der Waals surface area contributed by atoms with Crippen molar-refractivity contribution < 1.29 is 0 Å². The van der Waals surface area contributed by atoms with Crippen molar-refractivity contribution in [3.8, 4) is 41.0 Å². The van der Waals surface area contributed by atoms with Crippen molar-refractivity contribution in [1.82, 2.24) is 19.1 Å². The van der Waals surface area contributed by atoms with Gasteiger partial charge >= 0.3 is 0 Å². The fourth-order valence-corrected chi connectivity index (χ4v) is 6.19. The van der Waals surface area contributed by atoms with Crippen LogP contribution in [0.3, 0.4) is 0 Å². The summed E-state index contributed by atoms with van der Waals surface area (Å²) < 4.78 is 4.16. The third kappa shape index (κ3) is 3.66. The number of para-hydroxylation sites is 1. The highest BCUT2D eigenvalue weighted by atomic mass is 15.1. The van der Waals surface area contributed by atoms with E-state index in [2.05, 4.69) is 44.5 Å². The molecule has 0 N–H and O–H groups in total. The molecule has 4 aromatic heterocycles. The molecule has 44 heavy (non-hydrogen) atoms. The normalized spacial score (nSPS) is 11.1. The van der Waals surface area contributed by atoms with Gasteiger partial charge in [0.2, 0.25) is 0 Å². The molecule has 4 heterocycles. The third-order valence-electron chi connectivity index (χ3n) is 8.11. The van der Waals surface area contributed by atoms with Gasteiger partial charge in [-0.05, 0) is 77.9 Å². The van der Waals surface area contributed by atoms with Crippen LogP contribution in [-0.4, -0.2) is 19.1 Å². The molecule has 202 valence electrons. The molecule has 0 spiro atoms. The number of fused-ring (bicyclic) bond motifs is 6. The van der Waals surface area contributed by atoms with Crippen LogP contribution in [0.5, 0.6) is 0 Å². The summed E-state index contributed by atoms with van der Waals surface area (Å²) in [6.45, 7) is 0. The van der Waals surface area contributed by atoms with Crippen molar-refractivity contribution in [1.29, 1.82) is 15.8 Å². The van der Waals surface area contributed by atoms with Gasteiger partial charge in [0.05, 0.1) is 63.2 Å². The van der Waals surface area contributed by atoms with Crippen LogP contribution in [-0.2, 0) is 0 Å². The lowest BCUT2D eigenvalue weighted by atomic mass is 10.0. The Morgan fingerprint density at radius 3 is 1.80 bits per heavy atom. The lowest BCUT2D eigenvalue weighted by molar-refractivity contribution is 1.01. The maximum Gasteiger partial charge on any atom is 0.140 e. The fraction of sp³-hybridized carbons (Fsp3) is 0. The number of rotatable bonds is 3. The second kappa shape index (κ2) is 9.67. The summed E-state index contributed by atoms with van der Waals surface area (Å²) in [5.41, 5.74) is 6.83. The van der Waals surface area contributed by atoms with E-state index in [4.69, 9.17) is 4.98 Å². The Bertz CT molecular complexity index is 2480. The summed E-state index contributed by atoms with van der Waals surface area (Å²) in [6.07, 6.45) is 3.64. The second-order valence-electron chi connectivity index (χ2n) is 10.5.